The minimum absolute atomic E-state index is 0.739. The van der Waals surface area contributed by atoms with Gasteiger partial charge in [-0.05, 0) is 0 Å². The van der Waals surface area contributed by atoms with Crippen LogP contribution in [0.4, 0.5) is 43.9 Å². The van der Waals surface area contributed by atoms with Gasteiger partial charge in [0, 0.05) is 0 Å². The highest BCUT2D eigenvalue weighted by Crippen LogP contribution is 2.36. The molecule has 0 saturated heterocycles. The van der Waals surface area contributed by atoms with E-state index in [1.54, 1.807) is 0 Å². The van der Waals surface area contributed by atoms with E-state index in [9.17, 15) is 43.9 Å². The second-order valence-corrected chi connectivity index (χ2v) is 3.01. The zero-order valence-electron chi connectivity index (χ0n) is 7.69. The number of halogens is 10. The van der Waals surface area contributed by atoms with Crippen LogP contribution in [0.2, 0.25) is 0 Å². The average molecular weight is 281 g/mol. The van der Waals surface area contributed by atoms with Gasteiger partial charge in [-0.15, -0.1) is 0 Å². The molecule has 1 nitrogen and oxygen atoms in total. The molecule has 0 bridgehead atoms. The van der Waals surface area contributed by atoms with Gasteiger partial charge in [-0.3, -0.25) is 0 Å². The summed E-state index contributed by atoms with van der Waals surface area (Å²) in [5.41, 5.74) is 0. The molecule has 0 fully saturated rings. The molecule has 0 rings (SSSR count). The summed E-state index contributed by atoms with van der Waals surface area (Å²) in [4.78, 5) is 0. The van der Waals surface area contributed by atoms with Crippen LogP contribution in [0.25, 0.3) is 0 Å². The molecule has 0 aliphatic heterocycles. The zero-order chi connectivity index (χ0) is 14.1. The minimum atomic E-state index is -6.02. The standard InChI is InChI=1S/C6H5F10N/c7-3(8,5(11,12)13)1-17-2-4(9,10)6(14,15)16/h17H,1-2H2. The fourth-order valence-corrected chi connectivity index (χ4v) is 0.577. The Morgan fingerprint density at radius 2 is 0.765 bits per heavy atom. The molecule has 0 aliphatic rings. The summed E-state index contributed by atoms with van der Waals surface area (Å²) in [6.07, 6.45) is -12.0. The van der Waals surface area contributed by atoms with Gasteiger partial charge >= 0.3 is 24.2 Å². The first kappa shape index (κ1) is 16.3. The van der Waals surface area contributed by atoms with Gasteiger partial charge in [0.25, 0.3) is 0 Å². The lowest BCUT2D eigenvalue weighted by Crippen LogP contribution is -2.51. The van der Waals surface area contributed by atoms with Gasteiger partial charge in [0.05, 0.1) is 13.1 Å². The molecule has 1 N–H and O–H groups in total. The summed E-state index contributed by atoms with van der Waals surface area (Å²) in [7, 11) is 0. The molecule has 0 amide bonds. The molecular weight excluding hydrogens is 276 g/mol. The van der Waals surface area contributed by atoms with Crippen molar-refractivity contribution in [1.82, 2.24) is 5.32 Å². The molecule has 0 heterocycles. The third kappa shape index (κ3) is 4.21. The van der Waals surface area contributed by atoms with Crippen molar-refractivity contribution in [3.8, 4) is 0 Å². The van der Waals surface area contributed by atoms with E-state index in [1.165, 1.54) is 0 Å². The predicted molar refractivity (Wildman–Crippen MR) is 34.9 cm³/mol. The van der Waals surface area contributed by atoms with Gasteiger partial charge in [0.15, 0.2) is 0 Å². The Labute approximate surface area is 87.8 Å². The summed E-state index contributed by atoms with van der Waals surface area (Å²) < 4.78 is 117. The largest absolute Gasteiger partial charge is 0.454 e. The van der Waals surface area contributed by atoms with Crippen LogP contribution in [-0.2, 0) is 0 Å². The molecule has 0 saturated carbocycles. The van der Waals surface area contributed by atoms with Crippen molar-refractivity contribution in [1.29, 1.82) is 0 Å². The number of hydrogen-bond donors (Lipinski definition) is 1. The topological polar surface area (TPSA) is 12.0 Å². The van der Waals surface area contributed by atoms with Gasteiger partial charge in [0.1, 0.15) is 0 Å². The van der Waals surface area contributed by atoms with Crippen LogP contribution >= 0.6 is 0 Å². The van der Waals surface area contributed by atoms with E-state index in [0.29, 0.717) is 0 Å². The van der Waals surface area contributed by atoms with E-state index in [-0.39, 0.29) is 0 Å². The zero-order valence-corrected chi connectivity index (χ0v) is 7.69. The Morgan fingerprint density at radius 1 is 0.529 bits per heavy atom. The second-order valence-electron chi connectivity index (χ2n) is 3.01. The van der Waals surface area contributed by atoms with Crippen molar-refractivity contribution in [2.45, 2.75) is 24.2 Å². The highest BCUT2D eigenvalue weighted by atomic mass is 19.4. The average Bonchev–Trinajstić information content (AvgIpc) is 1.98. The molecular formula is C6H5F10N. The molecule has 0 aliphatic carbocycles. The van der Waals surface area contributed by atoms with Crippen molar-refractivity contribution in [2.75, 3.05) is 13.1 Å². The third-order valence-electron chi connectivity index (χ3n) is 1.52. The molecule has 0 aromatic rings. The molecule has 0 spiro atoms. The summed E-state index contributed by atoms with van der Waals surface area (Å²) in [6, 6.07) is 0. The molecule has 0 aromatic heterocycles. The quantitative estimate of drug-likeness (QED) is 0.781. The van der Waals surface area contributed by atoms with E-state index in [2.05, 4.69) is 0 Å². The molecule has 104 valence electrons. The Morgan fingerprint density at radius 3 is 0.941 bits per heavy atom. The highest BCUT2D eigenvalue weighted by molar-refractivity contribution is 4.83. The smallest absolute Gasteiger partial charge is 0.305 e. The molecule has 0 radical (unpaired) electrons. The summed E-state index contributed by atoms with van der Waals surface area (Å²) >= 11 is 0. The predicted octanol–water partition coefficient (Wildman–Crippen LogP) is 2.97. The van der Waals surface area contributed by atoms with Crippen molar-refractivity contribution in [3.63, 3.8) is 0 Å². The Kier molecular flexibility index (Phi) is 4.30. The van der Waals surface area contributed by atoms with E-state index < -0.39 is 37.3 Å². The van der Waals surface area contributed by atoms with E-state index >= 15 is 0 Å². The van der Waals surface area contributed by atoms with Crippen molar-refractivity contribution < 1.29 is 43.9 Å². The van der Waals surface area contributed by atoms with Gasteiger partial charge in [-0.1, -0.05) is 0 Å². The van der Waals surface area contributed by atoms with Crippen LogP contribution in [0.15, 0.2) is 0 Å². The van der Waals surface area contributed by atoms with Crippen molar-refractivity contribution >= 4 is 0 Å². The first-order chi connectivity index (χ1) is 7.21. The summed E-state index contributed by atoms with van der Waals surface area (Å²) in [5, 5.41) is 0.739. The fraction of sp³-hybridized carbons (Fsp3) is 1.00. The lowest BCUT2D eigenvalue weighted by molar-refractivity contribution is -0.289. The lowest BCUT2D eigenvalue weighted by atomic mass is 10.3. The van der Waals surface area contributed by atoms with Gasteiger partial charge in [-0.2, -0.15) is 43.9 Å². The molecule has 0 unspecified atom stereocenters. The lowest BCUT2D eigenvalue weighted by Gasteiger charge is -2.23. The van der Waals surface area contributed by atoms with Crippen molar-refractivity contribution in [3.05, 3.63) is 0 Å². The maximum Gasteiger partial charge on any atom is 0.454 e. The van der Waals surface area contributed by atoms with Crippen LogP contribution in [0, 0.1) is 0 Å². The maximum absolute atomic E-state index is 12.1. The first-order valence-corrected chi connectivity index (χ1v) is 3.80. The van der Waals surface area contributed by atoms with E-state index in [4.69, 9.17) is 0 Å². The molecule has 0 aromatic carbocycles. The number of hydrogen-bond acceptors (Lipinski definition) is 1. The maximum atomic E-state index is 12.1. The fourth-order valence-electron chi connectivity index (χ4n) is 0.577. The number of rotatable bonds is 4. The molecule has 0 atom stereocenters. The highest BCUT2D eigenvalue weighted by Gasteiger charge is 2.59. The second kappa shape index (κ2) is 4.50. The number of nitrogens with one attached hydrogen (secondary N) is 1. The van der Waals surface area contributed by atoms with Crippen LogP contribution in [0.1, 0.15) is 0 Å². The normalized spacial score (nSPS) is 15.2. The summed E-state index contributed by atoms with van der Waals surface area (Å²) in [6.45, 7) is -4.72. The van der Waals surface area contributed by atoms with Crippen LogP contribution in [0.3, 0.4) is 0 Å². The Balaban J connectivity index is 4.36. The minimum Gasteiger partial charge on any atom is -0.305 e. The van der Waals surface area contributed by atoms with Gasteiger partial charge in [0.2, 0.25) is 0 Å². The van der Waals surface area contributed by atoms with E-state index in [1.807, 2.05) is 0 Å². The van der Waals surface area contributed by atoms with Crippen LogP contribution in [0.5, 0.6) is 0 Å². The first-order valence-electron chi connectivity index (χ1n) is 3.80. The monoisotopic (exact) mass is 281 g/mol. The van der Waals surface area contributed by atoms with Crippen LogP contribution in [-0.4, -0.2) is 37.3 Å². The van der Waals surface area contributed by atoms with E-state index in [0.717, 1.165) is 5.32 Å². The SMILES string of the molecule is FC(F)(F)C(F)(F)CNCC(F)(F)C(F)(F)F. The summed E-state index contributed by atoms with van der Waals surface area (Å²) in [5.74, 6) is -10.8. The number of alkyl halides is 10. The van der Waals surface area contributed by atoms with Crippen molar-refractivity contribution in [2.24, 2.45) is 0 Å². The van der Waals surface area contributed by atoms with Gasteiger partial charge < -0.3 is 5.32 Å². The Bertz CT molecular complexity index is 225. The van der Waals surface area contributed by atoms with Gasteiger partial charge in [-0.25, -0.2) is 0 Å². The Hall–Kier alpha value is -0.740. The third-order valence-corrected chi connectivity index (χ3v) is 1.52. The van der Waals surface area contributed by atoms with Crippen LogP contribution < -0.4 is 5.32 Å². The molecule has 11 heteroatoms. The molecule has 17 heavy (non-hydrogen) atoms.